The van der Waals surface area contributed by atoms with E-state index in [4.69, 9.17) is 11.6 Å². The standard InChI is InChI=1S/C14H20ClNO/c1-4-12(5-2)14(17)16(3)10-11-6-8-13(15)9-7-11/h6-9,12H,4-5,10H2,1-3H3. The van der Waals surface area contributed by atoms with Crippen LogP contribution in [0.5, 0.6) is 0 Å². The monoisotopic (exact) mass is 253 g/mol. The topological polar surface area (TPSA) is 20.3 Å². The van der Waals surface area contributed by atoms with Gasteiger partial charge in [-0.1, -0.05) is 37.6 Å². The van der Waals surface area contributed by atoms with Crippen LogP contribution in [0.2, 0.25) is 5.02 Å². The van der Waals surface area contributed by atoms with Gasteiger partial charge < -0.3 is 4.90 Å². The van der Waals surface area contributed by atoms with Gasteiger partial charge in [-0.05, 0) is 30.5 Å². The van der Waals surface area contributed by atoms with Crippen molar-refractivity contribution in [2.24, 2.45) is 5.92 Å². The summed E-state index contributed by atoms with van der Waals surface area (Å²) in [5, 5.41) is 0.725. The molecule has 0 saturated heterocycles. The third-order valence-electron chi connectivity index (χ3n) is 3.04. The van der Waals surface area contributed by atoms with Gasteiger partial charge in [0, 0.05) is 24.5 Å². The first-order chi connectivity index (χ1) is 8.08. The van der Waals surface area contributed by atoms with Crippen molar-refractivity contribution in [2.45, 2.75) is 33.2 Å². The summed E-state index contributed by atoms with van der Waals surface area (Å²) in [4.78, 5) is 13.9. The predicted molar refractivity (Wildman–Crippen MR) is 72.0 cm³/mol. The van der Waals surface area contributed by atoms with Crippen LogP contribution in [0.3, 0.4) is 0 Å². The van der Waals surface area contributed by atoms with E-state index in [1.54, 1.807) is 4.90 Å². The number of nitrogens with zero attached hydrogens (tertiary/aromatic N) is 1. The molecule has 2 nitrogen and oxygen atoms in total. The zero-order valence-electron chi connectivity index (χ0n) is 10.7. The lowest BCUT2D eigenvalue weighted by atomic mass is 10.0. The summed E-state index contributed by atoms with van der Waals surface area (Å²) in [6.07, 6.45) is 1.81. The van der Waals surface area contributed by atoms with Gasteiger partial charge in [0.2, 0.25) is 5.91 Å². The molecule has 1 amide bonds. The highest BCUT2D eigenvalue weighted by molar-refractivity contribution is 6.30. The number of amides is 1. The first kappa shape index (κ1) is 14.0. The predicted octanol–water partition coefficient (Wildman–Crippen LogP) is 3.73. The van der Waals surface area contributed by atoms with E-state index >= 15 is 0 Å². The second-order valence-corrected chi connectivity index (χ2v) is 4.77. The zero-order valence-corrected chi connectivity index (χ0v) is 11.5. The van der Waals surface area contributed by atoms with Crippen molar-refractivity contribution in [1.82, 2.24) is 4.90 Å². The molecule has 0 heterocycles. The molecule has 1 aromatic carbocycles. The van der Waals surface area contributed by atoms with Crippen molar-refractivity contribution >= 4 is 17.5 Å². The van der Waals surface area contributed by atoms with E-state index in [0.717, 1.165) is 23.4 Å². The van der Waals surface area contributed by atoms with E-state index in [1.807, 2.05) is 31.3 Å². The zero-order chi connectivity index (χ0) is 12.8. The maximum absolute atomic E-state index is 12.1. The van der Waals surface area contributed by atoms with Crippen molar-refractivity contribution in [3.63, 3.8) is 0 Å². The Bertz CT molecular complexity index is 357. The first-order valence-electron chi connectivity index (χ1n) is 6.07. The van der Waals surface area contributed by atoms with Crippen LogP contribution >= 0.6 is 11.6 Å². The maximum atomic E-state index is 12.1. The number of rotatable bonds is 5. The average molecular weight is 254 g/mol. The molecule has 0 spiro atoms. The molecule has 17 heavy (non-hydrogen) atoms. The van der Waals surface area contributed by atoms with Gasteiger partial charge in [-0.25, -0.2) is 0 Å². The summed E-state index contributed by atoms with van der Waals surface area (Å²) in [7, 11) is 1.86. The fourth-order valence-electron chi connectivity index (χ4n) is 1.89. The lowest BCUT2D eigenvalue weighted by molar-refractivity contribution is -0.134. The summed E-state index contributed by atoms with van der Waals surface area (Å²) >= 11 is 5.83. The Kier molecular flexibility index (Phi) is 5.49. The molecule has 94 valence electrons. The van der Waals surface area contributed by atoms with Gasteiger partial charge in [-0.15, -0.1) is 0 Å². The van der Waals surface area contributed by atoms with Crippen LogP contribution in [-0.2, 0) is 11.3 Å². The van der Waals surface area contributed by atoms with Crippen LogP contribution in [0, 0.1) is 5.92 Å². The van der Waals surface area contributed by atoms with Gasteiger partial charge in [-0.3, -0.25) is 4.79 Å². The van der Waals surface area contributed by atoms with E-state index in [2.05, 4.69) is 13.8 Å². The molecular weight excluding hydrogens is 234 g/mol. The van der Waals surface area contributed by atoms with Crippen LogP contribution in [0.4, 0.5) is 0 Å². The van der Waals surface area contributed by atoms with Crippen LogP contribution in [0.1, 0.15) is 32.3 Å². The number of carbonyl (C=O) groups excluding carboxylic acids is 1. The molecular formula is C14H20ClNO. The minimum atomic E-state index is 0.146. The highest BCUT2D eigenvalue weighted by Crippen LogP contribution is 2.15. The SMILES string of the molecule is CCC(CC)C(=O)N(C)Cc1ccc(Cl)cc1. The number of halogens is 1. The molecule has 0 atom stereocenters. The van der Waals surface area contributed by atoms with Crippen LogP contribution < -0.4 is 0 Å². The van der Waals surface area contributed by atoms with Crippen molar-refractivity contribution in [1.29, 1.82) is 0 Å². The molecule has 0 bridgehead atoms. The van der Waals surface area contributed by atoms with Crippen molar-refractivity contribution in [3.8, 4) is 0 Å². The Morgan fingerprint density at radius 3 is 2.24 bits per heavy atom. The fourth-order valence-corrected chi connectivity index (χ4v) is 2.02. The highest BCUT2D eigenvalue weighted by atomic mass is 35.5. The van der Waals surface area contributed by atoms with Gasteiger partial charge in [-0.2, -0.15) is 0 Å². The molecule has 0 N–H and O–H groups in total. The fraction of sp³-hybridized carbons (Fsp3) is 0.500. The molecule has 0 aromatic heterocycles. The largest absolute Gasteiger partial charge is 0.341 e. The molecule has 1 rings (SSSR count). The molecule has 0 saturated carbocycles. The smallest absolute Gasteiger partial charge is 0.225 e. The normalized spacial score (nSPS) is 10.6. The van der Waals surface area contributed by atoms with E-state index in [9.17, 15) is 4.79 Å². The summed E-state index contributed by atoms with van der Waals surface area (Å²) < 4.78 is 0. The van der Waals surface area contributed by atoms with Crippen molar-refractivity contribution in [3.05, 3.63) is 34.9 Å². The Hall–Kier alpha value is -1.02. The van der Waals surface area contributed by atoms with Crippen LogP contribution in [0.25, 0.3) is 0 Å². The van der Waals surface area contributed by atoms with E-state index in [0.29, 0.717) is 6.54 Å². The lowest BCUT2D eigenvalue weighted by Crippen LogP contribution is -2.32. The molecule has 3 heteroatoms. The average Bonchev–Trinajstić information content (AvgIpc) is 2.33. The highest BCUT2D eigenvalue weighted by Gasteiger charge is 2.18. The number of hydrogen-bond acceptors (Lipinski definition) is 1. The quantitative estimate of drug-likeness (QED) is 0.783. The molecule has 0 unspecified atom stereocenters. The van der Waals surface area contributed by atoms with Crippen molar-refractivity contribution < 1.29 is 4.79 Å². The molecule has 0 aliphatic carbocycles. The number of hydrogen-bond donors (Lipinski definition) is 0. The molecule has 1 aromatic rings. The molecule has 0 aliphatic heterocycles. The summed E-state index contributed by atoms with van der Waals surface area (Å²) in [6, 6.07) is 7.62. The maximum Gasteiger partial charge on any atom is 0.225 e. The second kappa shape index (κ2) is 6.65. The molecule has 0 fully saturated rings. The van der Waals surface area contributed by atoms with E-state index in [1.165, 1.54) is 0 Å². The van der Waals surface area contributed by atoms with Crippen molar-refractivity contribution in [2.75, 3.05) is 7.05 Å². The second-order valence-electron chi connectivity index (χ2n) is 4.33. The van der Waals surface area contributed by atoms with Crippen LogP contribution in [0.15, 0.2) is 24.3 Å². The Balaban J connectivity index is 2.62. The molecule has 0 radical (unpaired) electrons. The van der Waals surface area contributed by atoms with Gasteiger partial charge in [0.05, 0.1) is 0 Å². The Morgan fingerprint density at radius 1 is 1.24 bits per heavy atom. The number of carbonyl (C=O) groups is 1. The first-order valence-corrected chi connectivity index (χ1v) is 6.45. The summed E-state index contributed by atoms with van der Waals surface area (Å²) in [6.45, 7) is 4.76. The Morgan fingerprint density at radius 2 is 1.76 bits per heavy atom. The molecule has 0 aliphatic rings. The summed E-state index contributed by atoms with van der Waals surface area (Å²) in [5.74, 6) is 0.372. The lowest BCUT2D eigenvalue weighted by Gasteiger charge is -2.22. The Labute approximate surface area is 109 Å². The van der Waals surface area contributed by atoms with Gasteiger partial charge in [0.1, 0.15) is 0 Å². The van der Waals surface area contributed by atoms with E-state index < -0.39 is 0 Å². The van der Waals surface area contributed by atoms with Gasteiger partial charge in [0.15, 0.2) is 0 Å². The van der Waals surface area contributed by atoms with Crippen LogP contribution in [-0.4, -0.2) is 17.9 Å². The minimum absolute atomic E-state index is 0.146. The minimum Gasteiger partial charge on any atom is -0.341 e. The van der Waals surface area contributed by atoms with Gasteiger partial charge >= 0.3 is 0 Å². The number of benzene rings is 1. The van der Waals surface area contributed by atoms with E-state index in [-0.39, 0.29) is 11.8 Å². The van der Waals surface area contributed by atoms with Gasteiger partial charge in [0.25, 0.3) is 0 Å². The third kappa shape index (κ3) is 4.04. The summed E-state index contributed by atoms with van der Waals surface area (Å²) in [5.41, 5.74) is 1.11. The third-order valence-corrected chi connectivity index (χ3v) is 3.30.